The van der Waals surface area contributed by atoms with Crippen molar-refractivity contribution < 1.29 is 0 Å². The smallest absolute Gasteiger partial charge is 0.166 e. The molecular formula is C22H32N4S2. The Morgan fingerprint density at radius 2 is 1.32 bits per heavy atom. The molecule has 8 atom stereocenters. The molecule has 4 N–H and O–H groups in total. The molecule has 0 aromatic rings. The van der Waals surface area contributed by atoms with Crippen molar-refractivity contribution in [3.63, 3.8) is 0 Å². The third-order valence-corrected chi connectivity index (χ3v) is 8.19. The Morgan fingerprint density at radius 1 is 0.714 bits per heavy atom. The number of hydrogen-bond acceptors (Lipinski definition) is 2. The van der Waals surface area contributed by atoms with Crippen LogP contribution in [0.2, 0.25) is 0 Å². The first-order valence-corrected chi connectivity index (χ1v) is 11.9. The van der Waals surface area contributed by atoms with Crippen molar-refractivity contribution in [3.8, 4) is 0 Å². The lowest BCUT2D eigenvalue weighted by Crippen LogP contribution is -2.50. The first kappa shape index (κ1) is 18.9. The van der Waals surface area contributed by atoms with Crippen molar-refractivity contribution in [2.45, 2.75) is 63.1 Å². The Bertz CT molecular complexity index is 690. The molecule has 3 saturated carbocycles. The van der Waals surface area contributed by atoms with Crippen LogP contribution >= 0.6 is 24.4 Å². The molecule has 0 saturated heterocycles. The van der Waals surface area contributed by atoms with Gasteiger partial charge in [0, 0.05) is 24.7 Å². The van der Waals surface area contributed by atoms with Crippen LogP contribution in [0.1, 0.15) is 44.9 Å². The van der Waals surface area contributed by atoms with Crippen LogP contribution in [0.25, 0.3) is 0 Å². The highest BCUT2D eigenvalue weighted by Gasteiger charge is 2.37. The average Bonchev–Trinajstić information content (AvgIpc) is 3.47. The monoisotopic (exact) mass is 416 g/mol. The lowest BCUT2D eigenvalue weighted by Gasteiger charge is -2.27. The van der Waals surface area contributed by atoms with Crippen molar-refractivity contribution in [3.05, 3.63) is 24.3 Å². The van der Waals surface area contributed by atoms with Crippen molar-refractivity contribution in [1.82, 2.24) is 21.3 Å². The van der Waals surface area contributed by atoms with E-state index in [1.165, 1.54) is 44.9 Å². The molecule has 152 valence electrons. The highest BCUT2D eigenvalue weighted by atomic mass is 32.1. The van der Waals surface area contributed by atoms with Gasteiger partial charge in [0.15, 0.2) is 10.2 Å². The number of allylic oxidation sites excluding steroid dienone is 2. The van der Waals surface area contributed by atoms with Crippen LogP contribution in [0.4, 0.5) is 0 Å². The third kappa shape index (κ3) is 3.95. The van der Waals surface area contributed by atoms with Crippen molar-refractivity contribution in [1.29, 1.82) is 0 Å². The predicted molar refractivity (Wildman–Crippen MR) is 122 cm³/mol. The number of rotatable bonds is 5. The van der Waals surface area contributed by atoms with E-state index in [-0.39, 0.29) is 0 Å². The molecule has 0 heterocycles. The summed E-state index contributed by atoms with van der Waals surface area (Å²) in [4.78, 5) is 0. The molecule has 5 aliphatic rings. The molecule has 0 amide bonds. The number of thiocarbonyl (C=S) groups is 2. The van der Waals surface area contributed by atoms with Gasteiger partial charge in [-0.15, -0.1) is 0 Å². The topological polar surface area (TPSA) is 48.1 Å². The molecule has 5 aliphatic carbocycles. The van der Waals surface area contributed by atoms with Gasteiger partial charge in [0.1, 0.15) is 0 Å². The van der Waals surface area contributed by atoms with Crippen LogP contribution in [0.5, 0.6) is 0 Å². The van der Waals surface area contributed by atoms with Crippen molar-refractivity contribution in [2.75, 3.05) is 6.54 Å². The summed E-state index contributed by atoms with van der Waals surface area (Å²) in [6, 6.07) is 1.51. The SMILES string of the molecule is S=C(NC[C@@H]1CCC[C@@H]1NC(=S)N[C@@H]1C[C@H]2C=C[C@H]1C2)N[C@H]1C[C@H]2C=C[C@H]1C2. The molecule has 0 unspecified atom stereocenters. The number of nitrogens with one attached hydrogen (secondary N) is 4. The molecule has 28 heavy (non-hydrogen) atoms. The van der Waals surface area contributed by atoms with Gasteiger partial charge in [0.05, 0.1) is 0 Å². The summed E-state index contributed by atoms with van der Waals surface area (Å²) < 4.78 is 0. The third-order valence-electron chi connectivity index (χ3n) is 7.69. The van der Waals surface area contributed by atoms with Gasteiger partial charge in [-0.1, -0.05) is 30.7 Å². The zero-order valence-electron chi connectivity index (χ0n) is 16.4. The average molecular weight is 417 g/mol. The zero-order chi connectivity index (χ0) is 19.1. The van der Waals surface area contributed by atoms with E-state index in [0.29, 0.717) is 35.9 Å². The van der Waals surface area contributed by atoms with Gasteiger partial charge >= 0.3 is 0 Å². The minimum atomic E-state index is 0.454. The maximum Gasteiger partial charge on any atom is 0.166 e. The summed E-state index contributed by atoms with van der Waals surface area (Å²) in [6.45, 7) is 0.930. The van der Waals surface area contributed by atoms with Gasteiger partial charge in [-0.3, -0.25) is 0 Å². The standard InChI is InChI=1S/C22H32N4S2/c27-21(25-19-10-13-4-6-15(19)8-13)23-12-17-2-1-3-18(17)24-22(28)26-20-11-14-5-7-16(20)9-14/h4-7,13-20H,1-3,8-12H2,(H2,23,25,27)(H2,24,26,28)/t13-,14-,15-,16-,17-,18-,19-,20+/m0/s1. The summed E-state index contributed by atoms with van der Waals surface area (Å²) in [7, 11) is 0. The molecule has 0 aromatic carbocycles. The van der Waals surface area contributed by atoms with E-state index in [1.807, 2.05) is 0 Å². The first-order chi connectivity index (χ1) is 13.6. The molecule has 0 spiro atoms. The quantitative estimate of drug-likeness (QED) is 0.408. The predicted octanol–water partition coefficient (Wildman–Crippen LogP) is 3.01. The summed E-state index contributed by atoms with van der Waals surface area (Å²) in [5.74, 6) is 3.48. The molecule has 4 nitrogen and oxygen atoms in total. The summed E-state index contributed by atoms with van der Waals surface area (Å²) in [5, 5.41) is 15.9. The summed E-state index contributed by atoms with van der Waals surface area (Å²) in [6.07, 6.45) is 18.3. The molecule has 4 bridgehead atoms. The van der Waals surface area contributed by atoms with Crippen LogP contribution in [0.3, 0.4) is 0 Å². The summed E-state index contributed by atoms with van der Waals surface area (Å²) >= 11 is 11.2. The Morgan fingerprint density at radius 3 is 1.89 bits per heavy atom. The molecule has 3 fully saturated rings. The van der Waals surface area contributed by atoms with Gasteiger partial charge in [0.25, 0.3) is 0 Å². The molecular weight excluding hydrogens is 384 g/mol. The van der Waals surface area contributed by atoms with E-state index in [0.717, 1.165) is 28.6 Å². The molecule has 0 aliphatic heterocycles. The second kappa shape index (κ2) is 7.94. The van der Waals surface area contributed by atoms with Crippen LogP contribution in [0, 0.1) is 29.6 Å². The van der Waals surface area contributed by atoms with Crippen LogP contribution in [0.15, 0.2) is 24.3 Å². The number of fused-ring (bicyclic) bond motifs is 4. The second-order valence-corrected chi connectivity index (χ2v) is 10.4. The normalized spacial score (nSPS) is 42.1. The lowest BCUT2D eigenvalue weighted by atomic mass is 10.0. The van der Waals surface area contributed by atoms with Crippen molar-refractivity contribution >= 4 is 34.7 Å². The Hall–Kier alpha value is -1.14. The van der Waals surface area contributed by atoms with Crippen LogP contribution in [-0.2, 0) is 0 Å². The Kier molecular flexibility index (Phi) is 5.35. The van der Waals surface area contributed by atoms with Gasteiger partial charge in [-0.2, -0.15) is 0 Å². The molecule has 0 aromatic heterocycles. The maximum atomic E-state index is 5.65. The fourth-order valence-corrected chi connectivity index (χ4v) is 6.72. The van der Waals surface area contributed by atoms with E-state index in [1.54, 1.807) is 0 Å². The van der Waals surface area contributed by atoms with Gasteiger partial charge in [-0.25, -0.2) is 0 Å². The van der Waals surface area contributed by atoms with E-state index in [4.69, 9.17) is 24.4 Å². The Balaban J connectivity index is 1.05. The highest BCUT2D eigenvalue weighted by molar-refractivity contribution is 7.80. The molecule has 5 rings (SSSR count). The van der Waals surface area contributed by atoms with E-state index >= 15 is 0 Å². The Labute approximate surface area is 179 Å². The maximum absolute atomic E-state index is 5.65. The van der Waals surface area contributed by atoms with Crippen molar-refractivity contribution in [2.24, 2.45) is 29.6 Å². The van der Waals surface area contributed by atoms with E-state index in [9.17, 15) is 0 Å². The number of hydrogen-bond donors (Lipinski definition) is 4. The zero-order valence-corrected chi connectivity index (χ0v) is 18.0. The fraction of sp³-hybridized carbons (Fsp3) is 0.727. The highest BCUT2D eigenvalue weighted by Crippen LogP contribution is 2.39. The van der Waals surface area contributed by atoms with E-state index < -0.39 is 0 Å². The van der Waals surface area contributed by atoms with Gasteiger partial charge in [-0.05, 0) is 92.6 Å². The fourth-order valence-electron chi connectivity index (χ4n) is 6.19. The minimum Gasteiger partial charge on any atom is -0.362 e. The largest absolute Gasteiger partial charge is 0.362 e. The van der Waals surface area contributed by atoms with Crippen LogP contribution in [-0.4, -0.2) is 34.9 Å². The lowest BCUT2D eigenvalue weighted by molar-refractivity contribution is 0.431. The van der Waals surface area contributed by atoms with Gasteiger partial charge < -0.3 is 21.3 Å². The summed E-state index contributed by atoms with van der Waals surface area (Å²) in [5.41, 5.74) is 0. The second-order valence-electron chi connectivity index (χ2n) is 9.54. The first-order valence-electron chi connectivity index (χ1n) is 11.1. The molecule has 0 radical (unpaired) electrons. The van der Waals surface area contributed by atoms with Crippen LogP contribution < -0.4 is 21.3 Å². The minimum absolute atomic E-state index is 0.454. The van der Waals surface area contributed by atoms with Gasteiger partial charge in [0.2, 0.25) is 0 Å². The van der Waals surface area contributed by atoms with E-state index in [2.05, 4.69) is 45.6 Å². The molecule has 6 heteroatoms.